The number of carbonyl (C=O) groups is 2. The second kappa shape index (κ2) is 10.5. The molecule has 2 aromatic rings. The average molecular weight is 510 g/mol. The van der Waals surface area contributed by atoms with Crippen LogP contribution in [-0.2, 0) is 16.1 Å². The van der Waals surface area contributed by atoms with Crippen LogP contribution in [0.25, 0.3) is 0 Å². The first-order valence-corrected chi connectivity index (χ1v) is 11.3. The molecule has 0 aliphatic heterocycles. The van der Waals surface area contributed by atoms with Gasteiger partial charge in [0.15, 0.2) is 6.61 Å². The Labute approximate surface area is 198 Å². The molecule has 0 heterocycles. The highest BCUT2D eigenvalue weighted by Crippen LogP contribution is 2.26. The first kappa shape index (κ1) is 25.2. The van der Waals surface area contributed by atoms with Gasteiger partial charge in [-0.05, 0) is 82.5 Å². The van der Waals surface area contributed by atoms with Gasteiger partial charge in [-0.3, -0.25) is 9.59 Å². The van der Waals surface area contributed by atoms with Gasteiger partial charge in [0, 0.05) is 21.6 Å². The van der Waals surface area contributed by atoms with Crippen LogP contribution in [0.4, 0.5) is 0 Å². The number of halogens is 2. The molecule has 2 aromatic carbocycles. The molecule has 7 heteroatoms. The largest absolute Gasteiger partial charge is 0.484 e. The summed E-state index contributed by atoms with van der Waals surface area (Å²) >= 11 is 9.67. The van der Waals surface area contributed by atoms with Gasteiger partial charge in [0.25, 0.3) is 5.91 Å². The lowest BCUT2D eigenvalue weighted by Gasteiger charge is -2.31. The lowest BCUT2D eigenvalue weighted by atomic mass is 10.1. The molecule has 2 amide bonds. The minimum atomic E-state index is -0.664. The molecule has 1 N–H and O–H groups in total. The van der Waals surface area contributed by atoms with Crippen molar-refractivity contribution < 1.29 is 14.3 Å². The smallest absolute Gasteiger partial charge is 0.261 e. The summed E-state index contributed by atoms with van der Waals surface area (Å²) in [4.78, 5) is 27.5. The number of nitrogens with zero attached hydrogens (tertiary/aromatic N) is 1. The molecule has 1 atom stereocenters. The van der Waals surface area contributed by atoms with Crippen molar-refractivity contribution in [2.24, 2.45) is 0 Å². The highest BCUT2D eigenvalue weighted by Gasteiger charge is 2.28. The zero-order valence-corrected chi connectivity index (χ0v) is 21.2. The molecule has 0 aliphatic carbocycles. The Balaban J connectivity index is 2.21. The Kier molecular flexibility index (Phi) is 8.55. The molecule has 0 aliphatic rings. The van der Waals surface area contributed by atoms with Crippen molar-refractivity contribution in [1.29, 1.82) is 0 Å². The van der Waals surface area contributed by atoms with Gasteiger partial charge in [0.05, 0.1) is 0 Å². The van der Waals surface area contributed by atoms with Gasteiger partial charge in [-0.1, -0.05) is 39.7 Å². The highest BCUT2D eigenvalue weighted by atomic mass is 79.9. The lowest BCUT2D eigenvalue weighted by Crippen LogP contribution is -2.53. The summed E-state index contributed by atoms with van der Waals surface area (Å²) in [5, 5.41) is 3.63. The third-order valence-electron chi connectivity index (χ3n) is 4.68. The summed E-state index contributed by atoms with van der Waals surface area (Å²) in [5.41, 5.74) is 2.28. The van der Waals surface area contributed by atoms with Crippen LogP contribution in [0.15, 0.2) is 40.9 Å². The first-order valence-electron chi connectivity index (χ1n) is 10.1. The number of nitrogens with one attached hydrogen (secondary N) is 1. The molecular formula is C24H30BrClN2O3. The maximum Gasteiger partial charge on any atom is 0.261 e. The quantitative estimate of drug-likeness (QED) is 0.541. The SMILES string of the molecule is Cc1cc(OCC(=O)N(Cc2cccc(Br)c2)[C@@H](C)C(=O)NC(C)(C)C)cc(C)c1Cl. The molecule has 0 spiro atoms. The van der Waals surface area contributed by atoms with Gasteiger partial charge in [-0.15, -0.1) is 0 Å². The van der Waals surface area contributed by atoms with E-state index >= 15 is 0 Å². The van der Waals surface area contributed by atoms with E-state index in [-0.39, 0.29) is 18.4 Å². The van der Waals surface area contributed by atoms with Crippen LogP contribution >= 0.6 is 27.5 Å². The predicted octanol–water partition coefficient (Wildman–Crippen LogP) is 5.43. The Morgan fingerprint density at radius 2 is 1.77 bits per heavy atom. The van der Waals surface area contributed by atoms with Crippen LogP contribution in [0, 0.1) is 13.8 Å². The van der Waals surface area contributed by atoms with Crippen molar-refractivity contribution >= 4 is 39.3 Å². The van der Waals surface area contributed by atoms with Crippen LogP contribution in [0.3, 0.4) is 0 Å². The summed E-state index contributed by atoms with van der Waals surface area (Å²) in [7, 11) is 0. The number of hydrogen-bond acceptors (Lipinski definition) is 3. The Morgan fingerprint density at radius 3 is 2.32 bits per heavy atom. The van der Waals surface area contributed by atoms with Crippen LogP contribution in [0.5, 0.6) is 5.75 Å². The van der Waals surface area contributed by atoms with Gasteiger partial charge >= 0.3 is 0 Å². The van der Waals surface area contributed by atoms with Crippen LogP contribution in [0.1, 0.15) is 44.4 Å². The molecule has 31 heavy (non-hydrogen) atoms. The van der Waals surface area contributed by atoms with E-state index in [1.165, 1.54) is 0 Å². The molecule has 5 nitrogen and oxygen atoms in total. The van der Waals surface area contributed by atoms with Crippen LogP contribution in [0.2, 0.25) is 5.02 Å². The zero-order valence-electron chi connectivity index (χ0n) is 18.9. The van der Waals surface area contributed by atoms with Crippen molar-refractivity contribution in [2.45, 2.75) is 59.7 Å². The molecule has 168 valence electrons. The summed E-state index contributed by atoms with van der Waals surface area (Å²) in [5.74, 6) is 0.0813. The van der Waals surface area contributed by atoms with E-state index in [9.17, 15) is 9.59 Å². The maximum absolute atomic E-state index is 13.1. The summed E-state index contributed by atoms with van der Waals surface area (Å²) in [6, 6.07) is 10.6. The molecule has 0 bridgehead atoms. The third-order valence-corrected chi connectivity index (χ3v) is 5.77. The molecule has 0 unspecified atom stereocenters. The minimum absolute atomic E-state index is 0.179. The topological polar surface area (TPSA) is 58.6 Å². The molecule has 0 fully saturated rings. The molecule has 0 radical (unpaired) electrons. The normalized spacial score (nSPS) is 12.3. The molecule has 2 rings (SSSR count). The fourth-order valence-corrected chi connectivity index (χ4v) is 3.66. The number of amides is 2. The van der Waals surface area contributed by atoms with Gasteiger partial charge in [0.2, 0.25) is 5.91 Å². The van der Waals surface area contributed by atoms with E-state index in [4.69, 9.17) is 16.3 Å². The second-order valence-corrected chi connectivity index (χ2v) is 10.0. The van der Waals surface area contributed by atoms with E-state index in [0.29, 0.717) is 17.3 Å². The summed E-state index contributed by atoms with van der Waals surface area (Å²) < 4.78 is 6.68. The first-order chi connectivity index (χ1) is 14.4. The zero-order chi connectivity index (χ0) is 23.3. The van der Waals surface area contributed by atoms with Crippen molar-refractivity contribution in [3.8, 4) is 5.75 Å². The number of ether oxygens (including phenoxy) is 1. The number of aryl methyl sites for hydroxylation is 2. The average Bonchev–Trinajstić information content (AvgIpc) is 2.66. The fourth-order valence-electron chi connectivity index (χ4n) is 3.11. The number of hydrogen-bond donors (Lipinski definition) is 1. The van der Waals surface area contributed by atoms with E-state index < -0.39 is 11.6 Å². The van der Waals surface area contributed by atoms with Crippen LogP contribution < -0.4 is 10.1 Å². The molecule has 0 saturated heterocycles. The standard InChI is InChI=1S/C24H30BrClN2O3/c1-15-10-20(11-16(2)22(15)26)31-14-21(29)28(13-18-8-7-9-19(25)12-18)17(3)23(30)27-24(4,5)6/h7-12,17H,13-14H2,1-6H3,(H,27,30)/t17-/m0/s1. The Morgan fingerprint density at radius 1 is 1.16 bits per heavy atom. The van der Waals surface area contributed by atoms with E-state index in [0.717, 1.165) is 21.2 Å². The van der Waals surface area contributed by atoms with Crippen molar-refractivity contribution in [2.75, 3.05) is 6.61 Å². The number of rotatable bonds is 7. The van der Waals surface area contributed by atoms with Gasteiger partial charge in [0.1, 0.15) is 11.8 Å². The fraction of sp³-hybridized carbons (Fsp3) is 0.417. The summed E-state index contributed by atoms with van der Waals surface area (Å²) in [6.45, 7) is 11.4. The Hall–Kier alpha value is -2.05. The third kappa shape index (κ3) is 7.54. The number of benzene rings is 2. The van der Waals surface area contributed by atoms with Crippen LogP contribution in [-0.4, -0.2) is 34.9 Å². The molecular weight excluding hydrogens is 480 g/mol. The van der Waals surface area contributed by atoms with Gasteiger partial charge < -0.3 is 15.0 Å². The van der Waals surface area contributed by atoms with Gasteiger partial charge in [-0.2, -0.15) is 0 Å². The van der Waals surface area contributed by atoms with E-state index in [2.05, 4.69) is 21.2 Å². The maximum atomic E-state index is 13.1. The second-order valence-electron chi connectivity index (χ2n) is 8.73. The van der Waals surface area contributed by atoms with Gasteiger partial charge in [-0.25, -0.2) is 0 Å². The minimum Gasteiger partial charge on any atom is -0.484 e. The highest BCUT2D eigenvalue weighted by molar-refractivity contribution is 9.10. The predicted molar refractivity (Wildman–Crippen MR) is 128 cm³/mol. The van der Waals surface area contributed by atoms with Crippen molar-refractivity contribution in [1.82, 2.24) is 10.2 Å². The Bertz CT molecular complexity index is 933. The van der Waals surface area contributed by atoms with Crippen molar-refractivity contribution in [3.63, 3.8) is 0 Å². The van der Waals surface area contributed by atoms with E-state index in [1.54, 1.807) is 24.0 Å². The monoisotopic (exact) mass is 508 g/mol. The summed E-state index contributed by atoms with van der Waals surface area (Å²) in [6.07, 6.45) is 0. The lowest BCUT2D eigenvalue weighted by molar-refractivity contribution is -0.142. The number of carbonyl (C=O) groups excluding carboxylic acids is 2. The molecule has 0 aromatic heterocycles. The van der Waals surface area contributed by atoms with E-state index in [1.807, 2.05) is 58.9 Å². The van der Waals surface area contributed by atoms with Crippen molar-refractivity contribution in [3.05, 3.63) is 62.6 Å². The molecule has 0 saturated carbocycles.